The molecule has 7 nitrogen and oxygen atoms in total. The highest BCUT2D eigenvalue weighted by atomic mass is 19.1. The molecular weight excluding hydrogens is 327 g/mol. The maximum Gasteiger partial charge on any atom is 0.250 e. The first-order valence-corrected chi connectivity index (χ1v) is 8.27. The van der Waals surface area contributed by atoms with Gasteiger partial charge in [0, 0.05) is 18.8 Å². The lowest BCUT2D eigenvalue weighted by Crippen LogP contribution is -2.52. The van der Waals surface area contributed by atoms with Crippen LogP contribution in [0.5, 0.6) is 11.8 Å². The fourth-order valence-electron chi connectivity index (χ4n) is 3.53. The minimum absolute atomic E-state index is 0.0255. The van der Waals surface area contributed by atoms with Gasteiger partial charge in [-0.15, -0.1) is 0 Å². The number of nitrogens with zero attached hydrogens (tertiary/aromatic N) is 4. The van der Waals surface area contributed by atoms with Gasteiger partial charge >= 0.3 is 0 Å². The van der Waals surface area contributed by atoms with Crippen LogP contribution in [0.25, 0.3) is 0 Å². The maximum absolute atomic E-state index is 13.8. The van der Waals surface area contributed by atoms with Gasteiger partial charge in [0.2, 0.25) is 5.88 Å². The summed E-state index contributed by atoms with van der Waals surface area (Å²) in [4.78, 5) is 14.6. The van der Waals surface area contributed by atoms with E-state index in [4.69, 9.17) is 14.2 Å². The normalized spacial score (nSPS) is 25.5. The van der Waals surface area contributed by atoms with E-state index in [1.165, 1.54) is 18.6 Å². The molecule has 0 spiro atoms. The third-order valence-electron chi connectivity index (χ3n) is 4.65. The number of anilines is 1. The number of morpholine rings is 1. The number of aromatic nitrogens is 3. The van der Waals surface area contributed by atoms with Crippen molar-refractivity contribution in [2.24, 2.45) is 0 Å². The van der Waals surface area contributed by atoms with Crippen LogP contribution in [0, 0.1) is 5.82 Å². The monoisotopic (exact) mass is 346 g/mol. The van der Waals surface area contributed by atoms with Crippen LogP contribution in [0.15, 0.2) is 30.7 Å². The van der Waals surface area contributed by atoms with Crippen molar-refractivity contribution in [3.05, 3.63) is 36.5 Å². The fraction of sp³-hybridized carbons (Fsp3) is 0.471. The van der Waals surface area contributed by atoms with Crippen molar-refractivity contribution in [1.29, 1.82) is 0 Å². The number of ether oxygens (including phenoxy) is 3. The van der Waals surface area contributed by atoms with Gasteiger partial charge in [0.15, 0.2) is 5.82 Å². The van der Waals surface area contributed by atoms with E-state index < -0.39 is 5.82 Å². The minimum atomic E-state index is -0.459. The maximum atomic E-state index is 13.8. The lowest BCUT2D eigenvalue weighted by molar-refractivity contribution is -0.0331. The third kappa shape index (κ3) is 3.09. The molecule has 2 aliphatic rings. The van der Waals surface area contributed by atoms with Gasteiger partial charge in [-0.2, -0.15) is 0 Å². The van der Waals surface area contributed by atoms with Crippen LogP contribution >= 0.6 is 0 Å². The van der Waals surface area contributed by atoms with Gasteiger partial charge in [0.25, 0.3) is 5.88 Å². The summed E-state index contributed by atoms with van der Waals surface area (Å²) in [7, 11) is 1.58. The van der Waals surface area contributed by atoms with Crippen molar-refractivity contribution in [3.8, 4) is 11.8 Å². The summed E-state index contributed by atoms with van der Waals surface area (Å²) in [5.41, 5.74) is 0. The van der Waals surface area contributed by atoms with Crippen LogP contribution in [0.1, 0.15) is 12.8 Å². The lowest BCUT2D eigenvalue weighted by atomic mass is 10.1. The van der Waals surface area contributed by atoms with Gasteiger partial charge in [-0.05, 0) is 25.0 Å². The van der Waals surface area contributed by atoms with E-state index in [1.54, 1.807) is 13.2 Å². The second-order valence-electron chi connectivity index (χ2n) is 6.04. The van der Waals surface area contributed by atoms with Gasteiger partial charge in [-0.3, -0.25) is 0 Å². The first-order valence-electron chi connectivity index (χ1n) is 8.27. The third-order valence-corrected chi connectivity index (χ3v) is 4.65. The average molecular weight is 346 g/mol. The van der Waals surface area contributed by atoms with E-state index in [-0.39, 0.29) is 24.1 Å². The predicted molar refractivity (Wildman–Crippen MR) is 87.3 cm³/mol. The molecule has 2 aromatic heterocycles. The van der Waals surface area contributed by atoms with Gasteiger partial charge in [0.05, 0.1) is 19.8 Å². The zero-order valence-corrected chi connectivity index (χ0v) is 13.8. The molecule has 0 N–H and O–H groups in total. The summed E-state index contributed by atoms with van der Waals surface area (Å²) in [6.07, 6.45) is 4.26. The van der Waals surface area contributed by atoms with Crippen molar-refractivity contribution in [3.63, 3.8) is 0 Å². The Morgan fingerprint density at radius 2 is 2.20 bits per heavy atom. The molecule has 1 saturated heterocycles. The summed E-state index contributed by atoms with van der Waals surface area (Å²) in [5.74, 6) is 0.890. The average Bonchev–Trinajstić information content (AvgIpc) is 3.07. The topological polar surface area (TPSA) is 69.6 Å². The molecule has 2 aromatic rings. The molecule has 2 fully saturated rings. The molecule has 3 atom stereocenters. The number of pyridine rings is 1. The van der Waals surface area contributed by atoms with Gasteiger partial charge in [-0.1, -0.05) is 0 Å². The fourth-order valence-corrected chi connectivity index (χ4v) is 3.53. The molecule has 4 rings (SSSR count). The molecule has 3 heterocycles. The van der Waals surface area contributed by atoms with E-state index in [1.807, 2.05) is 6.07 Å². The Bertz CT molecular complexity index is 747. The van der Waals surface area contributed by atoms with Crippen molar-refractivity contribution in [1.82, 2.24) is 15.0 Å². The Morgan fingerprint density at radius 3 is 3.04 bits per heavy atom. The highest BCUT2D eigenvalue weighted by Gasteiger charge is 2.45. The molecule has 8 heteroatoms. The molecule has 1 aliphatic carbocycles. The van der Waals surface area contributed by atoms with Gasteiger partial charge < -0.3 is 19.1 Å². The summed E-state index contributed by atoms with van der Waals surface area (Å²) in [6, 6.07) is 4.82. The molecule has 0 unspecified atom stereocenters. The molecule has 132 valence electrons. The van der Waals surface area contributed by atoms with Crippen LogP contribution in [0.4, 0.5) is 10.2 Å². The zero-order chi connectivity index (χ0) is 17.2. The Kier molecular flexibility index (Phi) is 4.35. The highest BCUT2D eigenvalue weighted by Crippen LogP contribution is 2.35. The quantitative estimate of drug-likeness (QED) is 0.836. The van der Waals surface area contributed by atoms with Crippen LogP contribution < -0.4 is 14.4 Å². The number of methoxy groups -OCH3 is 1. The zero-order valence-electron chi connectivity index (χ0n) is 13.8. The number of hydrogen-bond acceptors (Lipinski definition) is 7. The van der Waals surface area contributed by atoms with E-state index in [9.17, 15) is 4.39 Å². The largest absolute Gasteiger partial charge is 0.481 e. The van der Waals surface area contributed by atoms with Crippen molar-refractivity contribution in [2.75, 3.05) is 25.2 Å². The smallest absolute Gasteiger partial charge is 0.250 e. The molecule has 0 aromatic carbocycles. The summed E-state index contributed by atoms with van der Waals surface area (Å²) < 4.78 is 30.8. The Balaban J connectivity index is 1.53. The summed E-state index contributed by atoms with van der Waals surface area (Å²) in [6.45, 7) is 1.28. The Labute approximate surface area is 144 Å². The van der Waals surface area contributed by atoms with Crippen LogP contribution in [0.2, 0.25) is 0 Å². The van der Waals surface area contributed by atoms with E-state index in [0.29, 0.717) is 12.5 Å². The molecular formula is C17H19FN4O3. The molecule has 0 radical (unpaired) electrons. The minimum Gasteiger partial charge on any atom is -0.481 e. The van der Waals surface area contributed by atoms with Crippen molar-refractivity contribution >= 4 is 5.82 Å². The number of rotatable bonds is 4. The van der Waals surface area contributed by atoms with Crippen LogP contribution in [-0.4, -0.2) is 53.5 Å². The summed E-state index contributed by atoms with van der Waals surface area (Å²) in [5, 5.41) is 0. The highest BCUT2D eigenvalue weighted by molar-refractivity contribution is 5.43. The van der Waals surface area contributed by atoms with Crippen molar-refractivity contribution < 1.29 is 18.6 Å². The van der Waals surface area contributed by atoms with E-state index in [2.05, 4.69) is 19.9 Å². The molecule has 0 amide bonds. The predicted octanol–water partition coefficient (Wildman–Crippen LogP) is 1.83. The van der Waals surface area contributed by atoms with Crippen LogP contribution in [0.3, 0.4) is 0 Å². The molecule has 25 heavy (non-hydrogen) atoms. The molecule has 1 saturated carbocycles. The number of fused-ring (bicyclic) bond motifs is 1. The van der Waals surface area contributed by atoms with Gasteiger partial charge in [-0.25, -0.2) is 19.3 Å². The summed E-state index contributed by atoms with van der Waals surface area (Å²) >= 11 is 0. The molecule has 1 aliphatic heterocycles. The Morgan fingerprint density at radius 1 is 1.28 bits per heavy atom. The number of halogens is 1. The van der Waals surface area contributed by atoms with Crippen LogP contribution in [-0.2, 0) is 4.74 Å². The SMILES string of the molecule is COc1cc(N2CCO[C@@H]3[C@@H](Oc4ncccc4F)CC[C@H]32)ncn1. The lowest BCUT2D eigenvalue weighted by Gasteiger charge is -2.39. The molecule has 0 bridgehead atoms. The number of hydrogen-bond donors (Lipinski definition) is 0. The first-order chi connectivity index (χ1) is 12.3. The first kappa shape index (κ1) is 16.0. The van der Waals surface area contributed by atoms with Gasteiger partial charge in [0.1, 0.15) is 24.4 Å². The van der Waals surface area contributed by atoms with E-state index >= 15 is 0 Å². The second kappa shape index (κ2) is 6.79. The van der Waals surface area contributed by atoms with Crippen molar-refractivity contribution in [2.45, 2.75) is 31.1 Å². The standard InChI is InChI=1S/C17H19FN4O3/c1-23-15-9-14(20-10-21-15)22-7-8-24-16-12(22)4-5-13(16)25-17-11(18)3-2-6-19-17/h2-3,6,9-10,12-13,16H,4-5,7-8H2,1H3/t12-,13+,16+/m1/s1. The second-order valence-corrected chi connectivity index (χ2v) is 6.04. The van der Waals surface area contributed by atoms with E-state index in [0.717, 1.165) is 25.2 Å². The Hall–Kier alpha value is -2.48.